The van der Waals surface area contributed by atoms with E-state index in [1.54, 1.807) is 19.1 Å². The van der Waals surface area contributed by atoms with Crippen LogP contribution >= 0.6 is 11.8 Å². The Morgan fingerprint density at radius 2 is 2.00 bits per heavy atom. The van der Waals surface area contributed by atoms with Crippen LogP contribution in [0.2, 0.25) is 0 Å². The summed E-state index contributed by atoms with van der Waals surface area (Å²) >= 11 is 1.47. The second-order valence-electron chi connectivity index (χ2n) is 3.98. The number of thioether (sulfide) groups is 1. The van der Waals surface area contributed by atoms with Gasteiger partial charge in [0.1, 0.15) is 0 Å². The minimum atomic E-state index is -0.399. The van der Waals surface area contributed by atoms with Gasteiger partial charge in [-0.3, -0.25) is 4.79 Å². The van der Waals surface area contributed by atoms with Crippen LogP contribution in [-0.2, 0) is 14.3 Å². The molecule has 104 valence electrons. The fraction of sp³-hybridized carbons (Fsp3) is 0.462. The summed E-state index contributed by atoms with van der Waals surface area (Å²) in [7, 11) is 2.70. The third-order valence-corrected chi connectivity index (χ3v) is 3.51. The van der Waals surface area contributed by atoms with Gasteiger partial charge < -0.3 is 9.47 Å². The molecule has 0 bridgehead atoms. The number of esters is 2. The Balaban J connectivity index is 2.73. The molecule has 0 fully saturated rings. The minimum absolute atomic E-state index is 0.0586. The van der Waals surface area contributed by atoms with E-state index in [2.05, 4.69) is 14.5 Å². The van der Waals surface area contributed by atoms with Crippen molar-refractivity contribution in [2.24, 2.45) is 0 Å². The molecule has 0 aliphatic carbocycles. The van der Waals surface area contributed by atoms with E-state index < -0.39 is 5.97 Å². The first-order chi connectivity index (χ1) is 8.97. The lowest BCUT2D eigenvalue weighted by atomic mass is 10.2. The molecule has 0 radical (unpaired) electrons. The summed E-state index contributed by atoms with van der Waals surface area (Å²) in [4.78, 5) is 26.9. The Morgan fingerprint density at radius 3 is 2.53 bits per heavy atom. The van der Waals surface area contributed by atoms with Crippen molar-refractivity contribution in [1.82, 2.24) is 4.98 Å². The van der Waals surface area contributed by atoms with Gasteiger partial charge in [0.2, 0.25) is 0 Å². The monoisotopic (exact) mass is 283 g/mol. The van der Waals surface area contributed by atoms with Crippen molar-refractivity contribution >= 4 is 23.7 Å². The van der Waals surface area contributed by atoms with E-state index in [-0.39, 0.29) is 11.2 Å². The van der Waals surface area contributed by atoms with Gasteiger partial charge >= 0.3 is 11.9 Å². The highest BCUT2D eigenvalue weighted by molar-refractivity contribution is 7.99. The maximum Gasteiger partial charge on any atom is 0.339 e. The number of methoxy groups -OCH3 is 2. The first-order valence-corrected chi connectivity index (χ1v) is 6.65. The summed E-state index contributed by atoms with van der Waals surface area (Å²) in [6.45, 7) is 3.67. The molecule has 1 heterocycles. The van der Waals surface area contributed by atoms with Crippen molar-refractivity contribution in [3.05, 3.63) is 23.4 Å². The summed E-state index contributed by atoms with van der Waals surface area (Å²) in [5.41, 5.74) is 1.06. The quantitative estimate of drug-likeness (QED) is 0.610. The summed E-state index contributed by atoms with van der Waals surface area (Å²) in [5, 5.41) is 0.824. The predicted molar refractivity (Wildman–Crippen MR) is 72.3 cm³/mol. The van der Waals surface area contributed by atoms with Crippen LogP contribution in [0.25, 0.3) is 0 Å². The molecule has 1 aromatic rings. The zero-order valence-corrected chi connectivity index (χ0v) is 12.2. The number of hydrogen-bond acceptors (Lipinski definition) is 6. The standard InChI is InChI=1S/C13H17NO4S/c1-8(7-12(15)17-3)19-11-6-5-10(9(2)14-11)13(16)18-4/h5-6,8H,7H2,1-4H3. The molecule has 0 spiro atoms. The molecule has 5 nitrogen and oxygen atoms in total. The first-order valence-electron chi connectivity index (χ1n) is 5.77. The molecular weight excluding hydrogens is 266 g/mol. The number of rotatable bonds is 5. The molecule has 6 heteroatoms. The van der Waals surface area contributed by atoms with Crippen LogP contribution in [-0.4, -0.2) is 36.4 Å². The SMILES string of the molecule is COC(=O)CC(C)Sc1ccc(C(=O)OC)c(C)n1. The number of hydrogen-bond donors (Lipinski definition) is 0. The van der Waals surface area contributed by atoms with Gasteiger partial charge in [0, 0.05) is 5.25 Å². The molecule has 19 heavy (non-hydrogen) atoms. The van der Waals surface area contributed by atoms with Crippen LogP contribution < -0.4 is 0 Å². The molecule has 1 unspecified atom stereocenters. The topological polar surface area (TPSA) is 65.5 Å². The molecule has 0 N–H and O–H groups in total. The number of nitrogens with zero attached hydrogens (tertiary/aromatic N) is 1. The number of carbonyl (C=O) groups is 2. The predicted octanol–water partition coefficient (Wildman–Crippen LogP) is 2.22. The second kappa shape index (κ2) is 7.13. The lowest BCUT2D eigenvalue weighted by molar-refractivity contribution is -0.140. The van der Waals surface area contributed by atoms with Gasteiger partial charge in [-0.2, -0.15) is 0 Å². The summed E-state index contributed by atoms with van der Waals surface area (Å²) in [6.07, 6.45) is 0.320. The van der Waals surface area contributed by atoms with Gasteiger partial charge in [-0.25, -0.2) is 9.78 Å². The zero-order chi connectivity index (χ0) is 14.4. The van der Waals surface area contributed by atoms with E-state index in [1.807, 2.05) is 6.92 Å². The molecule has 0 amide bonds. The van der Waals surface area contributed by atoms with E-state index in [4.69, 9.17) is 0 Å². The average molecular weight is 283 g/mol. The molecule has 1 aromatic heterocycles. The van der Waals surface area contributed by atoms with Crippen molar-refractivity contribution in [3.63, 3.8) is 0 Å². The van der Waals surface area contributed by atoms with Crippen molar-refractivity contribution in [2.75, 3.05) is 14.2 Å². The van der Waals surface area contributed by atoms with Gasteiger partial charge in [-0.05, 0) is 19.1 Å². The second-order valence-corrected chi connectivity index (χ2v) is 5.44. The Labute approximate surface area is 116 Å². The highest BCUT2D eigenvalue weighted by atomic mass is 32.2. The number of pyridine rings is 1. The van der Waals surface area contributed by atoms with Gasteiger partial charge in [0.05, 0.1) is 36.9 Å². The Kier molecular flexibility index (Phi) is 5.82. The van der Waals surface area contributed by atoms with Crippen molar-refractivity contribution in [1.29, 1.82) is 0 Å². The average Bonchev–Trinajstić information content (AvgIpc) is 2.37. The summed E-state index contributed by atoms with van der Waals surface area (Å²) in [6, 6.07) is 3.43. The van der Waals surface area contributed by atoms with E-state index >= 15 is 0 Å². The van der Waals surface area contributed by atoms with E-state index in [9.17, 15) is 9.59 Å². The fourth-order valence-electron chi connectivity index (χ4n) is 1.50. The van der Waals surface area contributed by atoms with Crippen LogP contribution in [0.15, 0.2) is 17.2 Å². The largest absolute Gasteiger partial charge is 0.469 e. The Morgan fingerprint density at radius 1 is 1.32 bits per heavy atom. The molecule has 1 atom stereocenters. The fourth-order valence-corrected chi connectivity index (χ4v) is 2.46. The molecule has 0 saturated carbocycles. The lowest BCUT2D eigenvalue weighted by Gasteiger charge is -2.10. The van der Waals surface area contributed by atoms with Crippen LogP contribution in [0.4, 0.5) is 0 Å². The van der Waals surface area contributed by atoms with E-state index in [0.29, 0.717) is 17.7 Å². The maximum absolute atomic E-state index is 11.4. The zero-order valence-electron chi connectivity index (χ0n) is 11.4. The molecule has 0 aliphatic rings. The van der Waals surface area contributed by atoms with Crippen molar-refractivity contribution in [3.8, 4) is 0 Å². The third-order valence-electron chi connectivity index (χ3n) is 2.47. The van der Waals surface area contributed by atoms with Gasteiger partial charge in [0.25, 0.3) is 0 Å². The maximum atomic E-state index is 11.4. The number of ether oxygens (including phenoxy) is 2. The third kappa shape index (κ3) is 4.55. The van der Waals surface area contributed by atoms with Crippen molar-refractivity contribution in [2.45, 2.75) is 30.5 Å². The number of carbonyl (C=O) groups excluding carboxylic acids is 2. The van der Waals surface area contributed by atoms with Gasteiger partial charge in [0.15, 0.2) is 0 Å². The number of aryl methyl sites for hydroxylation is 1. The molecule has 0 aromatic carbocycles. The van der Waals surface area contributed by atoms with Gasteiger partial charge in [-0.15, -0.1) is 11.8 Å². The van der Waals surface area contributed by atoms with Gasteiger partial charge in [-0.1, -0.05) is 6.92 Å². The highest BCUT2D eigenvalue weighted by Gasteiger charge is 2.14. The lowest BCUT2D eigenvalue weighted by Crippen LogP contribution is -2.09. The highest BCUT2D eigenvalue weighted by Crippen LogP contribution is 2.24. The molecule has 0 saturated heterocycles. The molecule has 0 aliphatic heterocycles. The Bertz CT molecular complexity index is 476. The molecule has 1 rings (SSSR count). The van der Waals surface area contributed by atoms with Crippen LogP contribution in [0.5, 0.6) is 0 Å². The Hall–Kier alpha value is -1.56. The van der Waals surface area contributed by atoms with E-state index in [0.717, 1.165) is 5.03 Å². The first kappa shape index (κ1) is 15.5. The minimum Gasteiger partial charge on any atom is -0.469 e. The van der Waals surface area contributed by atoms with Crippen LogP contribution in [0, 0.1) is 6.92 Å². The smallest absolute Gasteiger partial charge is 0.339 e. The van der Waals surface area contributed by atoms with Crippen LogP contribution in [0.1, 0.15) is 29.4 Å². The molecular formula is C13H17NO4S. The van der Waals surface area contributed by atoms with Crippen molar-refractivity contribution < 1.29 is 19.1 Å². The summed E-state index contributed by atoms with van der Waals surface area (Å²) < 4.78 is 9.27. The van der Waals surface area contributed by atoms with E-state index in [1.165, 1.54) is 26.0 Å². The summed E-state index contributed by atoms with van der Waals surface area (Å²) in [5.74, 6) is -0.646. The normalized spacial score (nSPS) is 11.8. The van der Waals surface area contributed by atoms with Crippen LogP contribution in [0.3, 0.4) is 0 Å². The number of aromatic nitrogens is 1.